The van der Waals surface area contributed by atoms with E-state index in [1.807, 2.05) is 66.1 Å². The number of benzene rings is 1. The molecule has 0 amide bonds. The van der Waals surface area contributed by atoms with Crippen LogP contribution in [0, 0.1) is 0 Å². The van der Waals surface area contributed by atoms with Crippen LogP contribution in [-0.4, -0.2) is 55.0 Å². The molecule has 2 aliphatic heterocycles. The molecule has 44 heavy (non-hydrogen) atoms. The highest BCUT2D eigenvalue weighted by molar-refractivity contribution is 7.86. The number of carboxylic acids is 1. The fourth-order valence-electron chi connectivity index (χ4n) is 5.92. The quantitative estimate of drug-likeness (QED) is 0.172. The minimum absolute atomic E-state index is 0.0807. The van der Waals surface area contributed by atoms with Crippen LogP contribution in [0.3, 0.4) is 0 Å². The molecule has 0 aliphatic carbocycles. The molecule has 13 heteroatoms. The molecule has 0 bridgehead atoms. The van der Waals surface area contributed by atoms with Crippen molar-refractivity contribution in [2.75, 3.05) is 17.2 Å². The van der Waals surface area contributed by atoms with Gasteiger partial charge in [-0.15, -0.1) is 0 Å². The number of carboxylic acid groups (broad SMARTS) is 1. The Balaban J connectivity index is 1.72. The first-order valence-corrected chi connectivity index (χ1v) is 17.2. The van der Waals surface area contributed by atoms with Crippen LogP contribution < -0.4 is 9.47 Å². The molecule has 0 spiro atoms. The zero-order chi connectivity index (χ0) is 32.5. The third kappa shape index (κ3) is 7.01. The Kier molecular flexibility index (Phi) is 9.36. The third-order valence-electron chi connectivity index (χ3n) is 8.28. The van der Waals surface area contributed by atoms with E-state index in [0.29, 0.717) is 23.4 Å². The van der Waals surface area contributed by atoms with Gasteiger partial charge in [0.05, 0.1) is 34.9 Å². The molecule has 1 aromatic heterocycles. The average Bonchev–Trinajstić information content (AvgIpc) is 3.30. The number of anilines is 1. The van der Waals surface area contributed by atoms with Crippen LogP contribution in [0.5, 0.6) is 0 Å². The number of hydrogen-bond donors (Lipinski definition) is 3. The monoisotopic (exact) mass is 644 g/mol. The molecule has 4 rings (SSSR count). The summed E-state index contributed by atoms with van der Waals surface area (Å²) < 4.78 is 67.9. The number of hydrogen-bond acceptors (Lipinski definition) is 7. The van der Waals surface area contributed by atoms with Crippen molar-refractivity contribution in [3.63, 3.8) is 0 Å². The number of aliphatic carboxylic acids is 1. The lowest BCUT2D eigenvalue weighted by Crippen LogP contribution is -2.30. The molecule has 1 aromatic carbocycles. The van der Waals surface area contributed by atoms with Crippen molar-refractivity contribution in [3.05, 3.63) is 83.7 Å². The van der Waals surface area contributed by atoms with Gasteiger partial charge in [0.25, 0.3) is 20.2 Å². The molecule has 0 saturated heterocycles. The van der Waals surface area contributed by atoms with E-state index in [1.165, 1.54) is 12.1 Å². The fraction of sp³-hybridized carbons (Fsp3) is 0.387. The van der Waals surface area contributed by atoms with Gasteiger partial charge >= 0.3 is 11.8 Å². The number of rotatable bonds is 12. The maximum absolute atomic E-state index is 12.0. The van der Waals surface area contributed by atoms with Crippen LogP contribution in [0.15, 0.2) is 82.5 Å². The van der Waals surface area contributed by atoms with Gasteiger partial charge in [0, 0.05) is 29.8 Å². The van der Waals surface area contributed by atoms with Gasteiger partial charge in [-0.05, 0) is 93.1 Å². The van der Waals surface area contributed by atoms with Crippen LogP contribution in [0.1, 0.15) is 57.6 Å². The number of aliphatic imine (C=N–C) groups is 1. The first kappa shape index (κ1) is 33.2. The van der Waals surface area contributed by atoms with Gasteiger partial charge in [0.15, 0.2) is 5.71 Å². The number of aryl methyl sites for hydroxylation is 1. The summed E-state index contributed by atoms with van der Waals surface area (Å²) in [6.07, 6.45) is 11.8. The predicted octanol–water partition coefficient (Wildman–Crippen LogP) is 4.43. The molecule has 3 heterocycles. The van der Waals surface area contributed by atoms with Crippen LogP contribution in [0.2, 0.25) is 0 Å². The molecular weight excluding hydrogens is 606 g/mol. The van der Waals surface area contributed by atoms with Gasteiger partial charge in [0.2, 0.25) is 0 Å². The van der Waals surface area contributed by atoms with Gasteiger partial charge in [-0.25, -0.2) is 4.57 Å². The zero-order valence-corrected chi connectivity index (χ0v) is 26.8. The fourth-order valence-corrected chi connectivity index (χ4v) is 6.92. The number of nitrogens with zero attached hydrogens (tertiary/aromatic N) is 3. The normalized spacial score (nSPS) is 20.5. The minimum Gasteiger partial charge on any atom is -0.481 e. The summed E-state index contributed by atoms with van der Waals surface area (Å²) in [7, 11) is -6.79. The van der Waals surface area contributed by atoms with Crippen LogP contribution in [0.4, 0.5) is 11.5 Å². The summed E-state index contributed by atoms with van der Waals surface area (Å²) >= 11 is 0. The topological polar surface area (TPSA) is 166 Å². The van der Waals surface area contributed by atoms with Crippen molar-refractivity contribution in [2.45, 2.75) is 62.2 Å². The summed E-state index contributed by atoms with van der Waals surface area (Å²) in [5.74, 6) is -0.539. The molecule has 0 radical (unpaired) electrons. The van der Waals surface area contributed by atoms with E-state index in [4.69, 9.17) is 4.99 Å². The van der Waals surface area contributed by atoms with E-state index in [9.17, 15) is 35.8 Å². The molecule has 0 saturated carbocycles. The molecule has 1 atom stereocenters. The predicted molar refractivity (Wildman–Crippen MR) is 168 cm³/mol. The Morgan fingerprint density at radius 1 is 1.02 bits per heavy atom. The first-order chi connectivity index (χ1) is 20.4. The largest absolute Gasteiger partial charge is 0.481 e. The number of pyridine rings is 1. The summed E-state index contributed by atoms with van der Waals surface area (Å²) in [6.45, 7) is 6.27. The average molecular weight is 645 g/mol. The molecule has 2 aromatic rings. The first-order valence-electron chi connectivity index (χ1n) is 14.2. The second-order valence-electron chi connectivity index (χ2n) is 11.8. The molecular formula is C31H38N3O8S2+. The molecule has 2 aliphatic rings. The summed E-state index contributed by atoms with van der Waals surface area (Å²) in [6, 6.07) is 8.24. The number of allylic oxidation sites excluding steroid dienone is 6. The van der Waals surface area contributed by atoms with Gasteiger partial charge in [-0.3, -0.25) is 13.9 Å². The summed E-state index contributed by atoms with van der Waals surface area (Å²) in [5, 5.41) is 9.28. The molecule has 0 fully saturated rings. The zero-order valence-electron chi connectivity index (χ0n) is 25.1. The molecule has 236 valence electrons. The highest BCUT2D eigenvalue weighted by atomic mass is 32.2. The lowest BCUT2D eigenvalue weighted by molar-refractivity contribution is -0.658. The Hall–Kier alpha value is -3.65. The van der Waals surface area contributed by atoms with Crippen molar-refractivity contribution in [1.82, 2.24) is 0 Å². The lowest BCUT2D eigenvalue weighted by atomic mass is 9.77. The lowest BCUT2D eigenvalue weighted by Gasteiger charge is -2.30. The Bertz CT molecular complexity index is 1810. The molecule has 3 N–H and O–H groups in total. The van der Waals surface area contributed by atoms with E-state index in [2.05, 4.69) is 19.9 Å². The van der Waals surface area contributed by atoms with Crippen molar-refractivity contribution in [1.29, 1.82) is 0 Å². The SMILES string of the molecule is C[n+]1cccc2c1N=C(C=CC=CC=C1N(CCCS(=O)(=O)O)c3ccc(S(=O)(=O)O)cc3C1(C)CCCC(=O)O)C2(C)C. The van der Waals surface area contributed by atoms with Crippen molar-refractivity contribution in [3.8, 4) is 0 Å². The molecule has 1 unspecified atom stereocenters. The van der Waals surface area contributed by atoms with Crippen LogP contribution >= 0.6 is 0 Å². The van der Waals surface area contributed by atoms with E-state index in [-0.39, 0.29) is 36.1 Å². The van der Waals surface area contributed by atoms with Crippen LogP contribution in [-0.2, 0) is 42.9 Å². The van der Waals surface area contributed by atoms with E-state index in [0.717, 1.165) is 17.1 Å². The van der Waals surface area contributed by atoms with E-state index >= 15 is 0 Å². The minimum atomic E-state index is -4.52. The number of fused-ring (bicyclic) bond motifs is 2. The smallest absolute Gasteiger partial charge is 0.327 e. The van der Waals surface area contributed by atoms with E-state index < -0.39 is 37.4 Å². The maximum atomic E-state index is 12.0. The highest BCUT2D eigenvalue weighted by Gasteiger charge is 2.44. The van der Waals surface area contributed by atoms with Crippen molar-refractivity contribution in [2.24, 2.45) is 12.0 Å². The number of carbonyl (C=O) groups is 1. The van der Waals surface area contributed by atoms with E-state index in [1.54, 1.807) is 6.07 Å². The van der Waals surface area contributed by atoms with Gasteiger partial charge in [-0.2, -0.15) is 16.8 Å². The van der Waals surface area contributed by atoms with Crippen molar-refractivity contribution < 1.29 is 40.4 Å². The maximum Gasteiger partial charge on any atom is 0.327 e. The Labute approximate surface area is 258 Å². The highest BCUT2D eigenvalue weighted by Crippen LogP contribution is 2.51. The molecule has 11 nitrogen and oxygen atoms in total. The Morgan fingerprint density at radius 3 is 2.39 bits per heavy atom. The van der Waals surface area contributed by atoms with Gasteiger partial charge < -0.3 is 10.0 Å². The second-order valence-corrected chi connectivity index (χ2v) is 14.8. The van der Waals surface area contributed by atoms with Gasteiger partial charge in [-0.1, -0.05) is 18.2 Å². The second kappa shape index (κ2) is 12.4. The van der Waals surface area contributed by atoms with Crippen molar-refractivity contribution >= 4 is 43.4 Å². The summed E-state index contributed by atoms with van der Waals surface area (Å²) in [5.41, 5.74) is 2.72. The third-order valence-corrected chi connectivity index (χ3v) is 9.93. The summed E-state index contributed by atoms with van der Waals surface area (Å²) in [4.78, 5) is 17.7. The van der Waals surface area contributed by atoms with Gasteiger partial charge in [0.1, 0.15) is 0 Å². The standard InChI is InChI=1S/C31H37N3O8S2/c1-30(2)23-11-9-18-33(4)29(23)32-26(30)12-6-5-7-13-27-31(3,17-8-14-28(35)36)24-21-22(44(40,41)42)15-16-25(24)34(27)19-10-20-43(37,38)39/h5-7,9,11-13,15-16,18,21H,8,10,14,17,19-20H2,1-4H3,(H2-,35,36,37,38,39,40,41,42)/p+1. The van der Waals surface area contributed by atoms with Crippen LogP contribution in [0.25, 0.3) is 0 Å². The number of aromatic nitrogens is 1. The Morgan fingerprint density at radius 2 is 1.75 bits per heavy atom.